The van der Waals surface area contributed by atoms with Crippen LogP contribution in [-0.2, 0) is 4.57 Å². The van der Waals surface area contributed by atoms with Gasteiger partial charge in [-0.15, -0.1) is 0 Å². The van der Waals surface area contributed by atoms with Crippen molar-refractivity contribution in [2.24, 2.45) is 15.0 Å². The average molecular weight is 386 g/mol. The summed E-state index contributed by atoms with van der Waals surface area (Å²) in [5.74, 6) is 0. The predicted molar refractivity (Wildman–Crippen MR) is 105 cm³/mol. The molecule has 0 aromatic heterocycles. The molecule has 5 aliphatic heterocycles. The Morgan fingerprint density at radius 2 is 1.74 bits per heavy atom. The van der Waals surface area contributed by atoms with Crippen LogP contribution in [-0.4, -0.2) is 38.2 Å². The van der Waals surface area contributed by atoms with Crippen LogP contribution in [0.1, 0.15) is 51.4 Å². The van der Waals surface area contributed by atoms with E-state index in [2.05, 4.69) is 16.4 Å². The SMILES string of the molecule is O=P(O)(O)C12CCC(=N1)C=C1CCC(=CC3=NC(=CC4=NC2CC4)CC3)N1. The van der Waals surface area contributed by atoms with Crippen LogP contribution in [0.25, 0.3) is 0 Å². The summed E-state index contributed by atoms with van der Waals surface area (Å²) in [6.07, 6.45) is 12.0. The van der Waals surface area contributed by atoms with Gasteiger partial charge in [0, 0.05) is 34.2 Å². The molecule has 27 heavy (non-hydrogen) atoms. The number of rotatable bonds is 1. The van der Waals surface area contributed by atoms with E-state index in [4.69, 9.17) is 9.98 Å². The Morgan fingerprint density at radius 1 is 0.963 bits per heavy atom. The van der Waals surface area contributed by atoms with Gasteiger partial charge in [0.25, 0.3) is 0 Å². The molecule has 5 rings (SSSR count). The van der Waals surface area contributed by atoms with Gasteiger partial charge in [-0.2, -0.15) is 0 Å². The molecule has 7 nitrogen and oxygen atoms in total. The van der Waals surface area contributed by atoms with Crippen LogP contribution in [0.5, 0.6) is 0 Å². The van der Waals surface area contributed by atoms with E-state index in [1.165, 1.54) is 0 Å². The van der Waals surface area contributed by atoms with Gasteiger partial charge in [0.2, 0.25) is 0 Å². The number of aliphatic imine (C=N–C) groups is 3. The highest BCUT2D eigenvalue weighted by Crippen LogP contribution is 2.60. The van der Waals surface area contributed by atoms with Crippen LogP contribution in [0.4, 0.5) is 0 Å². The Bertz CT molecular complexity index is 937. The minimum Gasteiger partial charge on any atom is -0.362 e. The summed E-state index contributed by atoms with van der Waals surface area (Å²) in [6.45, 7) is 0. The van der Waals surface area contributed by atoms with E-state index in [0.717, 1.165) is 66.3 Å². The molecule has 142 valence electrons. The van der Waals surface area contributed by atoms with Gasteiger partial charge in [0.05, 0.1) is 6.04 Å². The van der Waals surface area contributed by atoms with E-state index in [1.807, 2.05) is 12.2 Å². The van der Waals surface area contributed by atoms with E-state index in [-0.39, 0.29) is 0 Å². The zero-order valence-electron chi connectivity index (χ0n) is 15.1. The topological polar surface area (TPSA) is 107 Å². The van der Waals surface area contributed by atoms with Crippen LogP contribution in [0.3, 0.4) is 0 Å². The second-order valence-corrected chi connectivity index (χ2v) is 9.77. The minimum absolute atomic E-state index is 0.347. The van der Waals surface area contributed by atoms with Crippen molar-refractivity contribution in [2.45, 2.75) is 62.7 Å². The van der Waals surface area contributed by atoms with E-state index in [9.17, 15) is 14.4 Å². The van der Waals surface area contributed by atoms with Gasteiger partial charge in [0.15, 0.2) is 5.28 Å². The molecule has 0 spiro atoms. The fraction of sp³-hybridized carbons (Fsp3) is 0.526. The molecule has 0 saturated carbocycles. The highest BCUT2D eigenvalue weighted by atomic mass is 31.2. The van der Waals surface area contributed by atoms with Crippen molar-refractivity contribution < 1.29 is 14.4 Å². The van der Waals surface area contributed by atoms with Gasteiger partial charge in [-0.05, 0) is 69.6 Å². The Kier molecular flexibility index (Phi) is 3.90. The Balaban J connectivity index is 1.64. The minimum atomic E-state index is -4.45. The number of nitrogens with one attached hydrogen (secondary N) is 1. The van der Waals surface area contributed by atoms with Gasteiger partial charge in [-0.25, -0.2) is 0 Å². The lowest BCUT2D eigenvalue weighted by Gasteiger charge is -2.31. The lowest BCUT2D eigenvalue weighted by atomic mass is 10.0. The van der Waals surface area contributed by atoms with Crippen molar-refractivity contribution in [2.75, 3.05) is 0 Å². The molecule has 1 saturated heterocycles. The molecule has 3 N–H and O–H groups in total. The van der Waals surface area contributed by atoms with Gasteiger partial charge in [-0.1, -0.05) is 0 Å². The maximum Gasteiger partial charge on any atom is 0.355 e. The quantitative estimate of drug-likeness (QED) is 0.602. The molecule has 0 aromatic rings. The predicted octanol–water partition coefficient (Wildman–Crippen LogP) is 2.98. The number of nitrogens with zero attached hydrogens (tertiary/aromatic N) is 3. The summed E-state index contributed by atoms with van der Waals surface area (Å²) in [5.41, 5.74) is 5.94. The maximum atomic E-state index is 12.5. The van der Waals surface area contributed by atoms with Crippen LogP contribution in [0, 0.1) is 0 Å². The van der Waals surface area contributed by atoms with E-state index < -0.39 is 18.9 Å². The van der Waals surface area contributed by atoms with Crippen molar-refractivity contribution in [1.29, 1.82) is 0 Å². The summed E-state index contributed by atoms with van der Waals surface area (Å²) in [5, 5.41) is 2.01. The van der Waals surface area contributed by atoms with Crippen LogP contribution >= 0.6 is 7.60 Å². The molecule has 8 bridgehead atoms. The molecule has 1 fully saturated rings. The number of hydrogen-bond donors (Lipinski definition) is 3. The molecule has 0 aromatic carbocycles. The first kappa shape index (κ1) is 17.3. The second-order valence-electron chi connectivity index (χ2n) is 7.90. The van der Waals surface area contributed by atoms with Crippen molar-refractivity contribution in [3.8, 4) is 0 Å². The second kappa shape index (κ2) is 6.09. The van der Waals surface area contributed by atoms with Crippen molar-refractivity contribution in [3.63, 3.8) is 0 Å². The van der Waals surface area contributed by atoms with Gasteiger partial charge in [0.1, 0.15) is 0 Å². The van der Waals surface area contributed by atoms with Gasteiger partial charge < -0.3 is 15.1 Å². The van der Waals surface area contributed by atoms with Crippen molar-refractivity contribution >= 4 is 24.7 Å². The van der Waals surface area contributed by atoms with Gasteiger partial charge >= 0.3 is 7.60 Å². The van der Waals surface area contributed by atoms with E-state index in [0.29, 0.717) is 19.3 Å². The van der Waals surface area contributed by atoms with Crippen molar-refractivity contribution in [1.82, 2.24) is 5.32 Å². The molecule has 5 heterocycles. The Hall–Kier alpha value is -1.82. The molecule has 0 radical (unpaired) electrons. The molecule has 8 heteroatoms. The number of hydrogen-bond acceptors (Lipinski definition) is 5. The first-order valence-corrected chi connectivity index (χ1v) is 11.2. The number of allylic oxidation sites excluding steroid dienone is 6. The van der Waals surface area contributed by atoms with E-state index >= 15 is 0 Å². The normalized spacial score (nSPS) is 32.4. The zero-order valence-corrected chi connectivity index (χ0v) is 16.0. The third-order valence-corrected chi connectivity index (χ3v) is 7.67. The highest BCUT2D eigenvalue weighted by molar-refractivity contribution is 7.53. The molecule has 0 amide bonds. The molecular formula is C19H23N4O3P. The third kappa shape index (κ3) is 2.98. The fourth-order valence-electron chi connectivity index (χ4n) is 4.65. The summed E-state index contributed by atoms with van der Waals surface area (Å²) < 4.78 is 12.5. The Labute approximate surface area is 157 Å². The zero-order chi connectivity index (χ0) is 18.6. The highest BCUT2D eigenvalue weighted by Gasteiger charge is 2.56. The summed E-state index contributed by atoms with van der Waals surface area (Å²) in [6, 6.07) is -0.471. The molecule has 5 aliphatic rings. The fourth-order valence-corrected chi connectivity index (χ4v) is 5.89. The summed E-state index contributed by atoms with van der Waals surface area (Å²) >= 11 is 0. The van der Waals surface area contributed by atoms with E-state index in [1.54, 1.807) is 0 Å². The first-order valence-electron chi connectivity index (χ1n) is 9.59. The molecular weight excluding hydrogens is 363 g/mol. The third-order valence-electron chi connectivity index (χ3n) is 6.04. The standard InChI is InChI=1S/C19H23N4O3P/c24-27(25,26)19-8-7-17(23-19)11-15-4-3-13(21-15)9-12-1-2-14(20-12)10-16-5-6-18(19)22-16/h9-11,18,21H,1-8H2,(H2,24,25,26). The molecule has 2 unspecified atom stereocenters. The average Bonchev–Trinajstić information content (AvgIpc) is 3.35. The smallest absolute Gasteiger partial charge is 0.355 e. The van der Waals surface area contributed by atoms with Crippen LogP contribution < -0.4 is 5.32 Å². The Morgan fingerprint density at radius 3 is 2.52 bits per heavy atom. The number of fused-ring (bicyclic) bond motifs is 6. The molecule has 0 aliphatic carbocycles. The summed E-state index contributed by atoms with van der Waals surface area (Å²) in [7, 11) is -4.45. The van der Waals surface area contributed by atoms with Crippen LogP contribution in [0.15, 0.2) is 50.3 Å². The monoisotopic (exact) mass is 386 g/mol. The van der Waals surface area contributed by atoms with Gasteiger partial charge in [-0.3, -0.25) is 19.5 Å². The largest absolute Gasteiger partial charge is 0.362 e. The lowest BCUT2D eigenvalue weighted by molar-refractivity contribution is 0.302. The lowest BCUT2D eigenvalue weighted by Crippen LogP contribution is -2.36. The van der Waals surface area contributed by atoms with Crippen LogP contribution in [0.2, 0.25) is 0 Å². The first-order chi connectivity index (χ1) is 12.9. The maximum absolute atomic E-state index is 12.5. The summed E-state index contributed by atoms with van der Waals surface area (Å²) in [4.78, 5) is 34.4. The van der Waals surface area contributed by atoms with Crippen molar-refractivity contribution in [3.05, 3.63) is 35.3 Å². The molecule has 2 atom stereocenters.